The number of ether oxygens (including phenoxy) is 1. The number of carbonyl (C=O) groups is 1. The van der Waals surface area contributed by atoms with E-state index in [4.69, 9.17) is 9.88 Å². The van der Waals surface area contributed by atoms with E-state index in [0.29, 0.717) is 12.5 Å². The molecule has 1 aromatic heterocycles. The number of anilines is 1. The van der Waals surface area contributed by atoms with Crippen LogP contribution in [0.3, 0.4) is 0 Å². The summed E-state index contributed by atoms with van der Waals surface area (Å²) in [7, 11) is -3.47. The second kappa shape index (κ2) is 6.30. The number of halogens is 1. The number of aromatic nitrogens is 2. The van der Waals surface area contributed by atoms with E-state index in [1.165, 1.54) is 21.8 Å². The number of rotatable bonds is 2. The largest absolute Gasteiger partial charge is 0.475 e. The predicted molar refractivity (Wildman–Crippen MR) is 108 cm³/mol. The van der Waals surface area contributed by atoms with Crippen molar-refractivity contribution in [1.29, 1.82) is 0 Å². The average molecular weight is 466 g/mol. The van der Waals surface area contributed by atoms with Crippen LogP contribution in [0.5, 0.6) is 5.88 Å². The minimum atomic E-state index is -3.47. The van der Waals surface area contributed by atoms with E-state index in [2.05, 4.69) is 30.7 Å². The lowest BCUT2D eigenvalue weighted by atomic mass is 9.83. The van der Waals surface area contributed by atoms with Crippen LogP contribution in [-0.2, 0) is 35.6 Å². The van der Waals surface area contributed by atoms with Crippen LogP contribution in [0.2, 0.25) is 0 Å². The second-order valence-electron chi connectivity index (χ2n) is 7.47. The number of carbonyl (C=O) groups excluding carboxylic acids is 1. The van der Waals surface area contributed by atoms with Crippen LogP contribution in [0.15, 0.2) is 19.9 Å². The van der Waals surface area contributed by atoms with Crippen molar-refractivity contribution < 1.29 is 13.7 Å². The lowest BCUT2D eigenvalue weighted by molar-refractivity contribution is 0.260. The quantitative estimate of drug-likeness (QED) is 0.708. The monoisotopic (exact) mass is 465 g/mol. The van der Waals surface area contributed by atoms with Gasteiger partial charge in [0.15, 0.2) is 9.92 Å². The maximum Gasteiger partial charge on any atom is 0.354 e. The summed E-state index contributed by atoms with van der Waals surface area (Å²) in [5.74, 6) is 0.324. The van der Waals surface area contributed by atoms with E-state index >= 15 is 0 Å². The lowest BCUT2D eigenvalue weighted by Gasteiger charge is -2.27. The zero-order chi connectivity index (χ0) is 19.6. The van der Waals surface area contributed by atoms with Crippen molar-refractivity contribution >= 4 is 37.6 Å². The summed E-state index contributed by atoms with van der Waals surface area (Å²) >= 11 is 3.72. The zero-order valence-electron chi connectivity index (χ0n) is 15.3. The molecule has 1 unspecified atom stereocenters. The molecule has 148 valence electrons. The number of hydrogen-bond donors (Lipinski definition) is 2. The summed E-state index contributed by atoms with van der Waals surface area (Å²) in [5, 5.41) is 13.0. The smallest absolute Gasteiger partial charge is 0.354 e. The first-order valence-electron chi connectivity index (χ1n) is 9.28. The first-order chi connectivity index (χ1) is 13.4. The van der Waals surface area contributed by atoms with Crippen molar-refractivity contribution in [2.75, 3.05) is 11.9 Å². The Morgan fingerprint density at radius 2 is 2.00 bits per heavy atom. The highest BCUT2D eigenvalue weighted by Crippen LogP contribution is 2.45. The van der Waals surface area contributed by atoms with Gasteiger partial charge in [-0.05, 0) is 61.3 Å². The van der Waals surface area contributed by atoms with Crippen LogP contribution in [0.25, 0.3) is 0 Å². The van der Waals surface area contributed by atoms with Crippen molar-refractivity contribution in [2.45, 2.75) is 50.0 Å². The first-order valence-corrected chi connectivity index (χ1v) is 11.6. The van der Waals surface area contributed by atoms with Crippen LogP contribution >= 0.6 is 15.9 Å². The molecule has 3 aliphatic rings. The number of nitrogens with two attached hydrogens (primary N) is 1. The minimum Gasteiger partial charge on any atom is -0.475 e. The van der Waals surface area contributed by atoms with Gasteiger partial charge in [-0.25, -0.2) is 18.8 Å². The standard InChI is InChI=1S/C18H20BrN5O3S/c1-9-8-27-17-14(7-21-24(9)17)28(20,26)23-18(25)22-16-12-4-2-3-10(12)15(19)11-5-6-13(11)16/h7,9H,2-6,8H2,1H3,(H3,20,22,23,25,26)/t9-,28?/m0/s1. The summed E-state index contributed by atoms with van der Waals surface area (Å²) in [5.41, 5.74) is 5.63. The van der Waals surface area contributed by atoms with Gasteiger partial charge in [-0.1, -0.05) is 15.9 Å². The fourth-order valence-electron chi connectivity index (χ4n) is 4.23. The van der Waals surface area contributed by atoms with Gasteiger partial charge in [-0.15, -0.1) is 4.36 Å². The molecule has 0 saturated heterocycles. The zero-order valence-corrected chi connectivity index (χ0v) is 17.7. The molecule has 28 heavy (non-hydrogen) atoms. The molecule has 0 bridgehead atoms. The number of fused-ring (bicyclic) bond motifs is 3. The summed E-state index contributed by atoms with van der Waals surface area (Å²) in [4.78, 5) is 12.8. The van der Waals surface area contributed by atoms with Crippen molar-refractivity contribution in [1.82, 2.24) is 9.78 Å². The highest BCUT2D eigenvalue weighted by molar-refractivity contribution is 9.10. The van der Waals surface area contributed by atoms with Gasteiger partial charge in [-0.3, -0.25) is 0 Å². The Kier molecular flexibility index (Phi) is 4.08. The van der Waals surface area contributed by atoms with Gasteiger partial charge in [0.2, 0.25) is 5.88 Å². The van der Waals surface area contributed by atoms with E-state index in [-0.39, 0.29) is 10.9 Å². The number of nitrogens with one attached hydrogen (secondary N) is 1. The molecule has 2 atom stereocenters. The molecule has 5 rings (SSSR count). The molecule has 2 heterocycles. The molecule has 8 nitrogen and oxygen atoms in total. The van der Waals surface area contributed by atoms with Crippen molar-refractivity contribution in [3.63, 3.8) is 0 Å². The van der Waals surface area contributed by atoms with Gasteiger partial charge in [0, 0.05) is 10.2 Å². The third kappa shape index (κ3) is 2.61. The van der Waals surface area contributed by atoms with E-state index in [9.17, 15) is 9.00 Å². The van der Waals surface area contributed by atoms with Gasteiger partial charge < -0.3 is 10.1 Å². The third-order valence-corrected chi connectivity index (χ3v) is 8.01. The molecule has 2 aliphatic carbocycles. The summed E-state index contributed by atoms with van der Waals surface area (Å²) in [6.07, 6.45) is 6.25. The minimum absolute atomic E-state index is 0.0250. The highest BCUT2D eigenvalue weighted by atomic mass is 79.9. The van der Waals surface area contributed by atoms with Gasteiger partial charge >= 0.3 is 6.03 Å². The number of benzene rings is 1. The summed E-state index contributed by atoms with van der Waals surface area (Å²) in [6, 6.07) is -0.680. The Bertz CT molecular complexity index is 1150. The molecule has 1 aromatic carbocycles. The molecule has 0 saturated carbocycles. The Hall–Kier alpha value is -1.91. The Labute approximate surface area is 171 Å². The molecule has 0 spiro atoms. The molecule has 3 N–H and O–H groups in total. The third-order valence-electron chi connectivity index (χ3n) is 5.70. The SMILES string of the molecule is C[C@H]1COc2c(S(N)(=O)=NC(=O)Nc3c4c(c(Br)c5c3CC5)CCC4)cnn21. The second-order valence-corrected chi connectivity index (χ2v) is 10.0. The molecule has 2 amide bonds. The molecule has 0 radical (unpaired) electrons. The topological polar surface area (TPSA) is 112 Å². The van der Waals surface area contributed by atoms with E-state index < -0.39 is 15.9 Å². The van der Waals surface area contributed by atoms with E-state index in [0.717, 1.165) is 48.9 Å². The van der Waals surface area contributed by atoms with E-state index in [1.807, 2.05) is 6.92 Å². The van der Waals surface area contributed by atoms with Crippen LogP contribution < -0.4 is 15.2 Å². The van der Waals surface area contributed by atoms with Gasteiger partial charge in [0.1, 0.15) is 11.5 Å². The Morgan fingerprint density at radius 1 is 1.32 bits per heavy atom. The Morgan fingerprint density at radius 3 is 2.75 bits per heavy atom. The first kappa shape index (κ1) is 18.1. The fraction of sp³-hybridized carbons (Fsp3) is 0.444. The van der Waals surface area contributed by atoms with Crippen LogP contribution in [0.4, 0.5) is 10.5 Å². The van der Waals surface area contributed by atoms with Crippen molar-refractivity contribution in [3.05, 3.63) is 32.9 Å². The van der Waals surface area contributed by atoms with Gasteiger partial charge in [0.05, 0.1) is 12.2 Å². The number of nitrogens with zero attached hydrogens (tertiary/aromatic N) is 3. The molecular formula is C18H20BrN5O3S. The molecule has 1 aliphatic heterocycles. The maximum absolute atomic E-state index is 13.0. The fourth-order valence-corrected chi connectivity index (χ4v) is 6.10. The van der Waals surface area contributed by atoms with Gasteiger partial charge in [-0.2, -0.15) is 5.10 Å². The van der Waals surface area contributed by atoms with Gasteiger partial charge in [0.25, 0.3) is 0 Å². The van der Waals surface area contributed by atoms with Crippen LogP contribution in [-0.4, -0.2) is 26.6 Å². The molecule has 2 aromatic rings. The van der Waals surface area contributed by atoms with Crippen molar-refractivity contribution in [3.8, 4) is 5.88 Å². The predicted octanol–water partition coefficient (Wildman–Crippen LogP) is 3.12. The molecule has 0 fully saturated rings. The maximum atomic E-state index is 13.0. The Balaban J connectivity index is 1.49. The van der Waals surface area contributed by atoms with Crippen molar-refractivity contribution in [2.24, 2.45) is 9.50 Å². The summed E-state index contributed by atoms with van der Waals surface area (Å²) < 4.78 is 25.1. The normalized spacial score (nSPS) is 21.0. The number of urea groups is 1. The average Bonchev–Trinajstić information content (AvgIpc) is 3.29. The lowest BCUT2D eigenvalue weighted by Crippen LogP contribution is -2.21. The number of amides is 2. The van der Waals surface area contributed by atoms with Crippen LogP contribution in [0.1, 0.15) is 41.6 Å². The molecule has 10 heteroatoms. The highest BCUT2D eigenvalue weighted by Gasteiger charge is 2.31. The number of hydrogen-bond acceptors (Lipinski definition) is 4. The van der Waals surface area contributed by atoms with E-state index in [1.54, 1.807) is 4.68 Å². The summed E-state index contributed by atoms with van der Waals surface area (Å²) in [6.45, 7) is 2.36. The molecular weight excluding hydrogens is 446 g/mol. The van der Waals surface area contributed by atoms with Crippen LogP contribution in [0, 0.1) is 0 Å².